The van der Waals surface area contributed by atoms with E-state index in [-0.39, 0.29) is 6.10 Å². The topological polar surface area (TPSA) is 49.3 Å². The van der Waals surface area contributed by atoms with Gasteiger partial charge in [-0.15, -0.1) is 0 Å². The van der Waals surface area contributed by atoms with Crippen molar-refractivity contribution in [3.8, 4) is 5.75 Å². The molecule has 0 aliphatic carbocycles. The van der Waals surface area contributed by atoms with Gasteiger partial charge in [0, 0.05) is 52.3 Å². The Morgan fingerprint density at radius 3 is 2.56 bits per heavy atom. The maximum atomic E-state index is 6.20. The Balaban J connectivity index is 1.34. The number of hydrogen-bond donors (Lipinski definition) is 1. The molecule has 2 aliphatic rings. The van der Waals surface area contributed by atoms with E-state index in [2.05, 4.69) is 63.4 Å². The van der Waals surface area contributed by atoms with Crippen LogP contribution in [0.15, 0.2) is 53.5 Å². The first-order valence-corrected chi connectivity index (χ1v) is 11.7. The van der Waals surface area contributed by atoms with E-state index in [1.807, 2.05) is 19.2 Å². The molecule has 2 aliphatic heterocycles. The molecule has 2 aromatic rings. The average molecular weight is 437 g/mol. The Bertz CT molecular complexity index is 891. The molecule has 0 radical (unpaired) electrons. The molecule has 0 saturated carbocycles. The van der Waals surface area contributed by atoms with Gasteiger partial charge in [-0.05, 0) is 37.5 Å². The number of methoxy groups -OCH3 is 1. The summed E-state index contributed by atoms with van der Waals surface area (Å²) in [6, 6.07) is 17.0. The number of piperazine rings is 1. The molecule has 6 nitrogen and oxygen atoms in total. The molecule has 2 fully saturated rings. The van der Waals surface area contributed by atoms with Gasteiger partial charge in [-0.25, -0.2) is 0 Å². The van der Waals surface area contributed by atoms with Gasteiger partial charge in [0.05, 0.1) is 18.9 Å². The van der Waals surface area contributed by atoms with Crippen LogP contribution in [0.25, 0.3) is 0 Å². The number of anilines is 1. The normalized spacial score (nSPS) is 22.0. The zero-order valence-electron chi connectivity index (χ0n) is 19.6. The first-order valence-electron chi connectivity index (χ1n) is 11.7. The molecule has 2 unspecified atom stereocenters. The van der Waals surface area contributed by atoms with Gasteiger partial charge in [-0.3, -0.25) is 4.99 Å². The second-order valence-corrected chi connectivity index (χ2v) is 8.68. The van der Waals surface area contributed by atoms with Gasteiger partial charge >= 0.3 is 0 Å². The third-order valence-corrected chi connectivity index (χ3v) is 6.59. The van der Waals surface area contributed by atoms with Crippen LogP contribution in [0.2, 0.25) is 0 Å². The SMILES string of the molecule is CN=C(NCC1CCCOC1c1ccc(C)cc1)N1CCN(c2ccccc2OC)CC1. The lowest BCUT2D eigenvalue weighted by Crippen LogP contribution is -2.53. The minimum Gasteiger partial charge on any atom is -0.495 e. The van der Waals surface area contributed by atoms with E-state index >= 15 is 0 Å². The summed E-state index contributed by atoms with van der Waals surface area (Å²) in [6.45, 7) is 7.59. The number of hydrogen-bond acceptors (Lipinski definition) is 4. The van der Waals surface area contributed by atoms with E-state index in [0.29, 0.717) is 5.92 Å². The molecule has 2 aromatic carbocycles. The standard InChI is InChI=1S/C26H36N4O2/c1-20-10-12-21(13-11-20)25-22(7-6-18-32-25)19-28-26(27-2)30-16-14-29(15-17-30)23-8-4-5-9-24(23)31-3/h4-5,8-13,22,25H,6-7,14-19H2,1-3H3,(H,27,28). The lowest BCUT2D eigenvalue weighted by molar-refractivity contribution is -0.0266. The van der Waals surface area contributed by atoms with Crippen LogP contribution in [0.5, 0.6) is 5.75 Å². The predicted octanol–water partition coefficient (Wildman–Crippen LogP) is 3.87. The Kier molecular flexibility index (Phi) is 7.53. The number of guanidine groups is 1. The lowest BCUT2D eigenvalue weighted by Gasteiger charge is -2.39. The summed E-state index contributed by atoms with van der Waals surface area (Å²) in [5.41, 5.74) is 3.73. The molecule has 2 atom stereocenters. The number of aryl methyl sites for hydroxylation is 1. The number of para-hydroxylation sites is 2. The molecule has 0 aromatic heterocycles. The fourth-order valence-electron chi connectivity index (χ4n) is 4.78. The van der Waals surface area contributed by atoms with Crippen LogP contribution in [0, 0.1) is 12.8 Å². The molecule has 1 N–H and O–H groups in total. The molecular formula is C26H36N4O2. The highest BCUT2D eigenvalue weighted by Gasteiger charge is 2.28. The van der Waals surface area contributed by atoms with Crippen molar-refractivity contribution >= 4 is 11.6 Å². The highest BCUT2D eigenvalue weighted by molar-refractivity contribution is 5.80. The molecular weight excluding hydrogens is 400 g/mol. The summed E-state index contributed by atoms with van der Waals surface area (Å²) in [4.78, 5) is 9.34. The van der Waals surface area contributed by atoms with Crippen molar-refractivity contribution in [2.75, 3.05) is 58.4 Å². The molecule has 2 saturated heterocycles. The maximum Gasteiger partial charge on any atom is 0.193 e. The van der Waals surface area contributed by atoms with E-state index in [4.69, 9.17) is 9.47 Å². The third kappa shape index (κ3) is 5.18. The summed E-state index contributed by atoms with van der Waals surface area (Å²) in [6.07, 6.45) is 2.44. The highest BCUT2D eigenvalue weighted by Crippen LogP contribution is 2.33. The monoisotopic (exact) mass is 436 g/mol. The van der Waals surface area contributed by atoms with Crippen molar-refractivity contribution in [3.63, 3.8) is 0 Å². The minimum atomic E-state index is 0.150. The molecule has 2 heterocycles. The summed E-state index contributed by atoms with van der Waals surface area (Å²) in [7, 11) is 3.61. The van der Waals surface area contributed by atoms with E-state index in [0.717, 1.165) is 63.1 Å². The molecule has 6 heteroatoms. The molecule has 0 bridgehead atoms. The van der Waals surface area contributed by atoms with Gasteiger partial charge in [0.15, 0.2) is 5.96 Å². The Labute approximate surface area is 192 Å². The third-order valence-electron chi connectivity index (χ3n) is 6.59. The van der Waals surface area contributed by atoms with Crippen LogP contribution < -0.4 is 15.0 Å². The van der Waals surface area contributed by atoms with E-state index < -0.39 is 0 Å². The van der Waals surface area contributed by atoms with Gasteiger partial charge in [-0.1, -0.05) is 42.0 Å². The van der Waals surface area contributed by atoms with Crippen molar-refractivity contribution in [2.45, 2.75) is 25.9 Å². The van der Waals surface area contributed by atoms with Gasteiger partial charge in [0.1, 0.15) is 5.75 Å². The van der Waals surface area contributed by atoms with Crippen LogP contribution >= 0.6 is 0 Å². The summed E-state index contributed by atoms with van der Waals surface area (Å²) >= 11 is 0. The van der Waals surface area contributed by atoms with E-state index in [9.17, 15) is 0 Å². The smallest absolute Gasteiger partial charge is 0.193 e. The zero-order chi connectivity index (χ0) is 22.3. The number of aliphatic imine (C=N–C) groups is 1. The van der Waals surface area contributed by atoms with E-state index in [1.165, 1.54) is 17.5 Å². The Morgan fingerprint density at radius 1 is 1.09 bits per heavy atom. The summed E-state index contributed by atoms with van der Waals surface area (Å²) in [5, 5.41) is 3.65. The fraction of sp³-hybridized carbons (Fsp3) is 0.500. The first-order chi connectivity index (χ1) is 15.7. The number of ether oxygens (including phenoxy) is 2. The zero-order valence-corrected chi connectivity index (χ0v) is 19.6. The average Bonchev–Trinajstić information content (AvgIpc) is 2.85. The van der Waals surface area contributed by atoms with Crippen molar-refractivity contribution in [1.29, 1.82) is 0 Å². The van der Waals surface area contributed by atoms with Gasteiger partial charge in [-0.2, -0.15) is 0 Å². The van der Waals surface area contributed by atoms with Crippen molar-refractivity contribution in [1.82, 2.24) is 10.2 Å². The Hall–Kier alpha value is -2.73. The maximum absolute atomic E-state index is 6.20. The van der Waals surface area contributed by atoms with Gasteiger partial charge in [0.2, 0.25) is 0 Å². The van der Waals surface area contributed by atoms with E-state index in [1.54, 1.807) is 7.11 Å². The van der Waals surface area contributed by atoms with Gasteiger partial charge in [0.25, 0.3) is 0 Å². The second kappa shape index (κ2) is 10.7. The number of nitrogens with zero attached hydrogens (tertiary/aromatic N) is 3. The largest absolute Gasteiger partial charge is 0.495 e. The quantitative estimate of drug-likeness (QED) is 0.570. The molecule has 4 rings (SSSR count). The predicted molar refractivity (Wildman–Crippen MR) is 131 cm³/mol. The molecule has 32 heavy (non-hydrogen) atoms. The van der Waals surface area contributed by atoms with Crippen molar-refractivity contribution < 1.29 is 9.47 Å². The lowest BCUT2D eigenvalue weighted by atomic mass is 9.89. The van der Waals surface area contributed by atoms with Crippen molar-refractivity contribution in [2.24, 2.45) is 10.9 Å². The number of nitrogens with one attached hydrogen (secondary N) is 1. The van der Waals surface area contributed by atoms with Crippen LogP contribution in [0.1, 0.15) is 30.1 Å². The number of benzene rings is 2. The first kappa shape index (κ1) is 22.5. The highest BCUT2D eigenvalue weighted by atomic mass is 16.5. The van der Waals surface area contributed by atoms with Crippen LogP contribution in [0.4, 0.5) is 5.69 Å². The van der Waals surface area contributed by atoms with Crippen LogP contribution in [0.3, 0.4) is 0 Å². The minimum absolute atomic E-state index is 0.150. The van der Waals surface area contributed by atoms with Crippen LogP contribution in [-0.4, -0.2) is 64.3 Å². The molecule has 0 spiro atoms. The Morgan fingerprint density at radius 2 is 1.84 bits per heavy atom. The summed E-state index contributed by atoms with van der Waals surface area (Å²) < 4.78 is 11.8. The van der Waals surface area contributed by atoms with Crippen molar-refractivity contribution in [3.05, 3.63) is 59.7 Å². The molecule has 172 valence electrons. The fourth-order valence-corrected chi connectivity index (χ4v) is 4.78. The number of rotatable bonds is 5. The second-order valence-electron chi connectivity index (χ2n) is 8.68. The van der Waals surface area contributed by atoms with Gasteiger partial charge < -0.3 is 24.6 Å². The van der Waals surface area contributed by atoms with Crippen LogP contribution in [-0.2, 0) is 4.74 Å². The summed E-state index contributed by atoms with van der Waals surface area (Å²) in [5.74, 6) is 2.36. The molecule has 0 amide bonds.